The Hall–Kier alpha value is -2.42. The van der Waals surface area contributed by atoms with Crippen molar-refractivity contribution in [2.45, 2.75) is 11.6 Å². The first-order valence-electron chi connectivity index (χ1n) is 10.3. The second-order valence-corrected chi connectivity index (χ2v) is 9.10. The van der Waals surface area contributed by atoms with Crippen molar-refractivity contribution in [1.82, 2.24) is 14.7 Å². The van der Waals surface area contributed by atoms with Gasteiger partial charge in [0.1, 0.15) is 28.2 Å². The number of halogens is 3. The summed E-state index contributed by atoms with van der Waals surface area (Å²) in [5.41, 5.74) is 2.33. The van der Waals surface area contributed by atoms with E-state index < -0.39 is 0 Å². The van der Waals surface area contributed by atoms with E-state index in [0.29, 0.717) is 58.3 Å². The maximum absolute atomic E-state index is 13.4. The third kappa shape index (κ3) is 5.08. The molecule has 6 nitrogen and oxygen atoms in total. The van der Waals surface area contributed by atoms with Gasteiger partial charge in [0.2, 0.25) is 5.91 Å². The molecule has 1 aliphatic rings. The highest BCUT2D eigenvalue weighted by molar-refractivity contribution is 7.98. The number of amides is 1. The summed E-state index contributed by atoms with van der Waals surface area (Å²) < 4.78 is 20.3. The van der Waals surface area contributed by atoms with E-state index in [1.807, 2.05) is 29.4 Å². The number of hydrogen-bond acceptors (Lipinski definition) is 5. The summed E-state index contributed by atoms with van der Waals surface area (Å²) in [7, 11) is 1.59. The van der Waals surface area contributed by atoms with Crippen molar-refractivity contribution < 1.29 is 13.9 Å². The highest BCUT2D eigenvalue weighted by Crippen LogP contribution is 2.35. The zero-order valence-corrected chi connectivity index (χ0v) is 20.6. The van der Waals surface area contributed by atoms with Gasteiger partial charge in [0.15, 0.2) is 0 Å². The van der Waals surface area contributed by atoms with Crippen molar-refractivity contribution in [3.8, 4) is 17.0 Å². The minimum Gasteiger partial charge on any atom is -0.495 e. The fourth-order valence-corrected chi connectivity index (χ4v) is 4.96. The van der Waals surface area contributed by atoms with Crippen LogP contribution in [0.15, 0.2) is 47.5 Å². The largest absolute Gasteiger partial charge is 0.495 e. The molecule has 33 heavy (non-hydrogen) atoms. The molecule has 1 aliphatic heterocycles. The lowest BCUT2D eigenvalue weighted by atomic mass is 10.1. The molecule has 0 bridgehead atoms. The molecule has 1 aromatic heterocycles. The van der Waals surface area contributed by atoms with Gasteiger partial charge in [-0.1, -0.05) is 23.2 Å². The quantitative estimate of drug-likeness (QED) is 0.434. The minimum absolute atomic E-state index is 0.0430. The molecule has 174 valence electrons. The molecule has 1 amide bonds. The van der Waals surface area contributed by atoms with E-state index in [4.69, 9.17) is 27.9 Å². The molecule has 1 saturated heterocycles. The molecule has 2 aromatic carbocycles. The normalized spacial score (nSPS) is 14.0. The number of thioether (sulfide) groups is 1. The second-order valence-electron chi connectivity index (χ2n) is 7.52. The average Bonchev–Trinajstić information content (AvgIpc) is 3.14. The standard InChI is InChI=1S/C23H23Cl2FN4O2S/c1-32-19-13-17(7-8-18(19)24)28-9-11-29(12-10-28)20(31)14-30-22(21(25)23(27-30)33-2)15-3-5-16(26)6-4-15/h3-8,13H,9-12,14H2,1-2H3. The molecule has 0 radical (unpaired) electrons. The van der Waals surface area contributed by atoms with Crippen molar-refractivity contribution in [3.63, 3.8) is 0 Å². The SMILES string of the molecule is COc1cc(N2CCN(C(=O)Cn3nc(SC)c(Cl)c3-c3ccc(F)cc3)CC2)ccc1Cl. The lowest BCUT2D eigenvalue weighted by molar-refractivity contribution is -0.132. The second kappa shape index (κ2) is 10.2. The van der Waals surface area contributed by atoms with Gasteiger partial charge in [-0.05, 0) is 42.7 Å². The number of carbonyl (C=O) groups is 1. The number of ether oxygens (including phenoxy) is 1. The summed E-state index contributed by atoms with van der Waals surface area (Å²) in [6.45, 7) is 2.61. The highest BCUT2D eigenvalue weighted by atomic mass is 35.5. The fourth-order valence-electron chi connectivity index (χ4n) is 3.83. The highest BCUT2D eigenvalue weighted by Gasteiger charge is 2.25. The first-order chi connectivity index (χ1) is 15.9. The van der Waals surface area contributed by atoms with Crippen LogP contribution in [-0.4, -0.2) is 60.1 Å². The smallest absolute Gasteiger partial charge is 0.244 e. The Balaban J connectivity index is 1.47. The summed E-state index contributed by atoms with van der Waals surface area (Å²) in [5, 5.41) is 6.18. The molecule has 0 spiro atoms. The number of hydrogen-bond donors (Lipinski definition) is 0. The van der Waals surface area contributed by atoms with Crippen molar-refractivity contribution >= 4 is 46.6 Å². The predicted molar refractivity (Wildman–Crippen MR) is 131 cm³/mol. The van der Waals surface area contributed by atoms with Gasteiger partial charge in [-0.15, -0.1) is 11.8 Å². The lowest BCUT2D eigenvalue weighted by Gasteiger charge is -2.36. The zero-order valence-electron chi connectivity index (χ0n) is 18.2. The number of benzene rings is 2. The molecule has 4 rings (SSSR count). The summed E-state index contributed by atoms with van der Waals surface area (Å²) in [6.07, 6.45) is 1.87. The van der Waals surface area contributed by atoms with Crippen molar-refractivity contribution in [1.29, 1.82) is 0 Å². The van der Waals surface area contributed by atoms with Crippen LogP contribution in [0.2, 0.25) is 10.0 Å². The first kappa shape index (κ1) is 23.7. The zero-order chi connectivity index (χ0) is 23.5. The molecule has 3 aromatic rings. The Labute approximate surface area is 206 Å². The molecular weight excluding hydrogens is 486 g/mol. The van der Waals surface area contributed by atoms with Crippen LogP contribution in [0.4, 0.5) is 10.1 Å². The van der Waals surface area contributed by atoms with Crippen molar-refractivity contribution in [2.24, 2.45) is 0 Å². The molecule has 2 heterocycles. The number of piperazine rings is 1. The Morgan fingerprint density at radius 1 is 1.12 bits per heavy atom. The van der Waals surface area contributed by atoms with Gasteiger partial charge in [0.05, 0.1) is 17.8 Å². The van der Waals surface area contributed by atoms with E-state index in [1.54, 1.807) is 23.9 Å². The first-order valence-corrected chi connectivity index (χ1v) is 12.3. The summed E-state index contributed by atoms with van der Waals surface area (Å²) in [4.78, 5) is 17.1. The fraction of sp³-hybridized carbons (Fsp3) is 0.304. The van der Waals surface area contributed by atoms with Crippen LogP contribution in [0.1, 0.15) is 0 Å². The van der Waals surface area contributed by atoms with Crippen LogP contribution in [0.3, 0.4) is 0 Å². The van der Waals surface area contributed by atoms with E-state index in [2.05, 4.69) is 10.00 Å². The molecule has 1 fully saturated rings. The maximum Gasteiger partial charge on any atom is 0.244 e. The van der Waals surface area contributed by atoms with E-state index in [9.17, 15) is 9.18 Å². The molecule has 0 aliphatic carbocycles. The van der Waals surface area contributed by atoms with Gasteiger partial charge in [0.25, 0.3) is 0 Å². The average molecular weight is 509 g/mol. The predicted octanol–water partition coefficient (Wildman–Crippen LogP) is 5.08. The molecular formula is C23H23Cl2FN4O2S. The number of carbonyl (C=O) groups excluding carboxylic acids is 1. The van der Waals surface area contributed by atoms with Crippen LogP contribution >= 0.6 is 35.0 Å². The van der Waals surface area contributed by atoms with Gasteiger partial charge in [0, 0.05) is 43.5 Å². The van der Waals surface area contributed by atoms with E-state index in [1.165, 1.54) is 23.9 Å². The minimum atomic E-state index is -0.335. The van der Waals surface area contributed by atoms with Crippen molar-refractivity contribution in [2.75, 3.05) is 44.4 Å². The maximum atomic E-state index is 13.4. The Morgan fingerprint density at radius 2 is 1.82 bits per heavy atom. The number of nitrogens with zero attached hydrogens (tertiary/aromatic N) is 4. The lowest BCUT2D eigenvalue weighted by Crippen LogP contribution is -2.49. The Bertz CT molecular complexity index is 1150. The monoisotopic (exact) mass is 508 g/mol. The van der Waals surface area contributed by atoms with E-state index in [-0.39, 0.29) is 18.3 Å². The van der Waals surface area contributed by atoms with Crippen LogP contribution in [0, 0.1) is 5.82 Å². The third-order valence-corrected chi connectivity index (χ3v) is 7.05. The van der Waals surface area contributed by atoms with Crippen LogP contribution < -0.4 is 9.64 Å². The van der Waals surface area contributed by atoms with Crippen LogP contribution in [0.5, 0.6) is 5.75 Å². The summed E-state index contributed by atoms with van der Waals surface area (Å²) >= 11 is 14.1. The third-order valence-electron chi connectivity index (χ3n) is 5.59. The molecule has 0 atom stereocenters. The van der Waals surface area contributed by atoms with Crippen LogP contribution in [0.25, 0.3) is 11.3 Å². The van der Waals surface area contributed by atoms with E-state index in [0.717, 1.165) is 5.69 Å². The topological polar surface area (TPSA) is 50.6 Å². The number of methoxy groups -OCH3 is 1. The molecule has 10 heteroatoms. The Morgan fingerprint density at radius 3 is 2.45 bits per heavy atom. The van der Waals surface area contributed by atoms with Gasteiger partial charge >= 0.3 is 0 Å². The molecule has 0 unspecified atom stereocenters. The van der Waals surface area contributed by atoms with Gasteiger partial charge in [-0.2, -0.15) is 5.10 Å². The molecule has 0 saturated carbocycles. The Kier molecular flexibility index (Phi) is 7.36. The van der Waals surface area contributed by atoms with Crippen LogP contribution in [-0.2, 0) is 11.3 Å². The van der Waals surface area contributed by atoms with Crippen molar-refractivity contribution in [3.05, 3.63) is 58.3 Å². The number of anilines is 1. The van der Waals surface area contributed by atoms with E-state index >= 15 is 0 Å². The van der Waals surface area contributed by atoms with Gasteiger partial charge in [-0.25, -0.2) is 4.39 Å². The van der Waals surface area contributed by atoms with Gasteiger partial charge in [-0.3, -0.25) is 9.48 Å². The summed E-state index contributed by atoms with van der Waals surface area (Å²) in [5.74, 6) is 0.248. The number of rotatable bonds is 6. The number of aromatic nitrogens is 2. The summed E-state index contributed by atoms with van der Waals surface area (Å²) in [6, 6.07) is 11.7. The van der Waals surface area contributed by atoms with Gasteiger partial charge < -0.3 is 14.5 Å². The molecule has 0 N–H and O–H groups in total.